The van der Waals surface area contributed by atoms with Gasteiger partial charge in [-0.3, -0.25) is 0 Å². The molecule has 0 radical (unpaired) electrons. The molecule has 1 atom stereocenters. The summed E-state index contributed by atoms with van der Waals surface area (Å²) in [4.78, 5) is 16.2. The number of hydrogen-bond acceptors (Lipinski definition) is 4. The smallest absolute Gasteiger partial charge is 0.319 e. The number of rotatable bonds is 5. The Kier molecular flexibility index (Phi) is 5.30. The molecule has 3 N–H and O–H groups in total. The molecule has 2 rings (SSSR count). The SMILES string of the molecule is Cc1csc(-c2cccc(NC(=O)NCCC(C)O)c2)n1. The largest absolute Gasteiger partial charge is 0.393 e. The van der Waals surface area contributed by atoms with Gasteiger partial charge in [-0.2, -0.15) is 0 Å². The van der Waals surface area contributed by atoms with Crippen LogP contribution in [0.4, 0.5) is 10.5 Å². The fourth-order valence-corrected chi connectivity index (χ4v) is 2.58. The van der Waals surface area contributed by atoms with Crippen molar-refractivity contribution in [3.63, 3.8) is 0 Å². The Hall–Kier alpha value is -1.92. The van der Waals surface area contributed by atoms with Gasteiger partial charge in [0.05, 0.1) is 6.10 Å². The van der Waals surface area contributed by atoms with Gasteiger partial charge in [0.25, 0.3) is 0 Å². The van der Waals surface area contributed by atoms with Crippen LogP contribution >= 0.6 is 11.3 Å². The van der Waals surface area contributed by atoms with Crippen LogP contribution in [0.15, 0.2) is 29.6 Å². The number of aliphatic hydroxyl groups excluding tert-OH is 1. The van der Waals surface area contributed by atoms with Gasteiger partial charge in [0, 0.05) is 28.9 Å². The molecule has 21 heavy (non-hydrogen) atoms. The number of anilines is 1. The predicted molar refractivity (Wildman–Crippen MR) is 85.6 cm³/mol. The number of carbonyl (C=O) groups is 1. The number of aromatic nitrogens is 1. The Morgan fingerprint density at radius 3 is 2.95 bits per heavy atom. The van der Waals surface area contributed by atoms with Gasteiger partial charge in [0.15, 0.2) is 0 Å². The molecule has 0 bridgehead atoms. The van der Waals surface area contributed by atoms with E-state index in [-0.39, 0.29) is 6.03 Å². The summed E-state index contributed by atoms with van der Waals surface area (Å²) in [5.74, 6) is 0. The van der Waals surface area contributed by atoms with Crippen molar-refractivity contribution in [2.75, 3.05) is 11.9 Å². The highest BCUT2D eigenvalue weighted by Crippen LogP contribution is 2.25. The van der Waals surface area contributed by atoms with Gasteiger partial charge < -0.3 is 15.7 Å². The summed E-state index contributed by atoms with van der Waals surface area (Å²) in [7, 11) is 0. The third-order valence-corrected chi connectivity index (χ3v) is 3.84. The normalized spacial score (nSPS) is 12.0. The maximum atomic E-state index is 11.7. The second-order valence-electron chi connectivity index (χ2n) is 4.89. The molecule has 1 aromatic carbocycles. The summed E-state index contributed by atoms with van der Waals surface area (Å²) in [6.07, 6.45) is 0.119. The fourth-order valence-electron chi connectivity index (χ4n) is 1.79. The van der Waals surface area contributed by atoms with E-state index in [9.17, 15) is 4.79 Å². The highest BCUT2D eigenvalue weighted by atomic mass is 32.1. The van der Waals surface area contributed by atoms with Gasteiger partial charge in [-0.25, -0.2) is 9.78 Å². The minimum Gasteiger partial charge on any atom is -0.393 e. The molecule has 2 amide bonds. The van der Waals surface area contributed by atoms with Crippen LogP contribution < -0.4 is 10.6 Å². The quantitative estimate of drug-likeness (QED) is 0.795. The fraction of sp³-hybridized carbons (Fsp3) is 0.333. The minimum atomic E-state index is -0.415. The van der Waals surface area contributed by atoms with E-state index in [4.69, 9.17) is 5.11 Å². The van der Waals surface area contributed by atoms with Gasteiger partial charge in [0.1, 0.15) is 5.01 Å². The van der Waals surface area contributed by atoms with E-state index in [0.29, 0.717) is 13.0 Å². The van der Waals surface area contributed by atoms with Crippen molar-refractivity contribution < 1.29 is 9.90 Å². The number of thiazole rings is 1. The third-order valence-electron chi connectivity index (χ3n) is 2.83. The number of nitrogens with zero attached hydrogens (tertiary/aromatic N) is 1. The average Bonchev–Trinajstić information content (AvgIpc) is 2.85. The second-order valence-corrected chi connectivity index (χ2v) is 5.75. The van der Waals surface area contributed by atoms with Crippen molar-refractivity contribution in [2.45, 2.75) is 26.4 Å². The summed E-state index contributed by atoms with van der Waals surface area (Å²) >= 11 is 1.58. The number of benzene rings is 1. The second kappa shape index (κ2) is 7.19. The Balaban J connectivity index is 1.96. The van der Waals surface area contributed by atoms with Crippen LogP contribution in [0, 0.1) is 6.92 Å². The van der Waals surface area contributed by atoms with Crippen molar-refractivity contribution in [1.29, 1.82) is 0 Å². The zero-order valence-electron chi connectivity index (χ0n) is 12.1. The predicted octanol–water partition coefficient (Wildman–Crippen LogP) is 3.01. The topological polar surface area (TPSA) is 74.2 Å². The standard InChI is InChI=1S/C15H19N3O2S/c1-10-9-21-14(17-10)12-4-3-5-13(8-12)18-15(20)16-7-6-11(2)19/h3-5,8-9,11,19H,6-7H2,1-2H3,(H2,16,18,20). The Labute approximate surface area is 128 Å². The van der Waals surface area contributed by atoms with Crippen molar-refractivity contribution >= 4 is 23.1 Å². The number of aliphatic hydroxyl groups is 1. The number of nitrogens with one attached hydrogen (secondary N) is 2. The minimum absolute atomic E-state index is 0.275. The van der Waals surface area contributed by atoms with Crippen molar-refractivity contribution in [2.24, 2.45) is 0 Å². The highest BCUT2D eigenvalue weighted by Gasteiger charge is 2.06. The number of urea groups is 1. The van der Waals surface area contributed by atoms with Crippen molar-refractivity contribution in [1.82, 2.24) is 10.3 Å². The lowest BCUT2D eigenvalue weighted by Crippen LogP contribution is -2.30. The summed E-state index contributed by atoms with van der Waals surface area (Å²) in [5.41, 5.74) is 2.69. The van der Waals surface area contributed by atoms with Gasteiger partial charge in [-0.05, 0) is 32.4 Å². The summed E-state index contributed by atoms with van der Waals surface area (Å²) in [5, 5.41) is 17.6. The zero-order chi connectivity index (χ0) is 15.2. The Bertz CT molecular complexity index is 610. The Morgan fingerprint density at radius 1 is 1.48 bits per heavy atom. The third kappa shape index (κ3) is 4.84. The van der Waals surface area contributed by atoms with Gasteiger partial charge >= 0.3 is 6.03 Å². The molecule has 0 aliphatic rings. The van der Waals surface area contributed by atoms with E-state index < -0.39 is 6.10 Å². The van der Waals surface area contributed by atoms with Crippen LogP contribution in [0.5, 0.6) is 0 Å². The number of hydrogen-bond donors (Lipinski definition) is 3. The van der Waals surface area contributed by atoms with Crippen LogP contribution in [-0.4, -0.2) is 28.8 Å². The van der Waals surface area contributed by atoms with E-state index in [0.717, 1.165) is 22.0 Å². The highest BCUT2D eigenvalue weighted by molar-refractivity contribution is 7.13. The molecule has 6 heteroatoms. The summed E-state index contributed by atoms with van der Waals surface area (Å²) in [6, 6.07) is 7.31. The lowest BCUT2D eigenvalue weighted by atomic mass is 10.2. The van der Waals surface area contributed by atoms with Gasteiger partial charge in [0.2, 0.25) is 0 Å². The van der Waals surface area contributed by atoms with Crippen LogP contribution in [0.2, 0.25) is 0 Å². The maximum absolute atomic E-state index is 11.7. The molecule has 0 saturated carbocycles. The molecule has 0 fully saturated rings. The molecular weight excluding hydrogens is 286 g/mol. The van der Waals surface area contributed by atoms with E-state index in [1.807, 2.05) is 36.6 Å². The first-order chi connectivity index (χ1) is 10.0. The monoisotopic (exact) mass is 305 g/mol. The average molecular weight is 305 g/mol. The first-order valence-electron chi connectivity index (χ1n) is 6.80. The van der Waals surface area contributed by atoms with Crippen LogP contribution in [0.25, 0.3) is 10.6 Å². The van der Waals surface area contributed by atoms with Crippen LogP contribution in [-0.2, 0) is 0 Å². The van der Waals surface area contributed by atoms with Crippen molar-refractivity contribution in [3.8, 4) is 10.6 Å². The molecular formula is C15H19N3O2S. The van der Waals surface area contributed by atoms with E-state index in [1.165, 1.54) is 0 Å². The van der Waals surface area contributed by atoms with Crippen LogP contribution in [0.1, 0.15) is 19.0 Å². The Morgan fingerprint density at radius 2 is 2.29 bits per heavy atom. The van der Waals surface area contributed by atoms with E-state index in [1.54, 1.807) is 18.3 Å². The number of carbonyl (C=O) groups excluding carboxylic acids is 1. The molecule has 1 aromatic heterocycles. The van der Waals surface area contributed by atoms with E-state index >= 15 is 0 Å². The van der Waals surface area contributed by atoms with E-state index in [2.05, 4.69) is 15.6 Å². The molecule has 5 nitrogen and oxygen atoms in total. The first kappa shape index (κ1) is 15.5. The van der Waals surface area contributed by atoms with Gasteiger partial charge in [-0.15, -0.1) is 11.3 Å². The van der Waals surface area contributed by atoms with Crippen LogP contribution in [0.3, 0.4) is 0 Å². The molecule has 1 unspecified atom stereocenters. The van der Waals surface area contributed by atoms with Gasteiger partial charge in [-0.1, -0.05) is 12.1 Å². The summed E-state index contributed by atoms with van der Waals surface area (Å²) < 4.78 is 0. The molecule has 112 valence electrons. The molecule has 1 heterocycles. The number of amides is 2. The lowest BCUT2D eigenvalue weighted by Gasteiger charge is -2.09. The lowest BCUT2D eigenvalue weighted by molar-refractivity contribution is 0.184. The molecule has 0 aliphatic carbocycles. The molecule has 2 aromatic rings. The number of aryl methyl sites for hydroxylation is 1. The first-order valence-corrected chi connectivity index (χ1v) is 7.68. The van der Waals surface area contributed by atoms with Crippen molar-refractivity contribution in [3.05, 3.63) is 35.3 Å². The zero-order valence-corrected chi connectivity index (χ0v) is 12.9. The molecule has 0 aliphatic heterocycles. The maximum Gasteiger partial charge on any atom is 0.319 e. The molecule has 0 saturated heterocycles. The summed E-state index contributed by atoms with van der Waals surface area (Å²) in [6.45, 7) is 4.09. The molecule has 0 spiro atoms.